The molecule has 2 bridgehead atoms. The van der Waals surface area contributed by atoms with Crippen LogP contribution in [0.5, 0.6) is 0 Å². The summed E-state index contributed by atoms with van der Waals surface area (Å²) >= 11 is 3.29. The number of piperidine rings is 1. The lowest BCUT2D eigenvalue weighted by atomic mass is 9.97. The van der Waals surface area contributed by atoms with E-state index in [1.54, 1.807) is 32.9 Å². The van der Waals surface area contributed by atoms with Crippen molar-refractivity contribution in [2.24, 2.45) is 5.92 Å². The first kappa shape index (κ1) is 21.6. The van der Waals surface area contributed by atoms with E-state index in [0.29, 0.717) is 10.0 Å². The lowest BCUT2D eigenvalue weighted by Crippen LogP contribution is -2.55. The normalized spacial score (nSPS) is 24.1. The lowest BCUT2D eigenvalue weighted by Gasteiger charge is -2.35. The number of hydrogen-bond donors (Lipinski definition) is 1. The highest BCUT2D eigenvalue weighted by atomic mass is 79.9. The minimum Gasteiger partial charge on any atom is -0.444 e. The van der Waals surface area contributed by atoms with Gasteiger partial charge in [-0.05, 0) is 69.7 Å². The van der Waals surface area contributed by atoms with Crippen molar-refractivity contribution in [3.05, 3.63) is 34.1 Å². The van der Waals surface area contributed by atoms with Crippen molar-refractivity contribution in [2.75, 3.05) is 0 Å². The first-order valence-corrected chi connectivity index (χ1v) is 10.5. The smallest absolute Gasteiger partial charge is 0.411 e. The number of likely N-dealkylation sites (tertiary alicyclic amines) is 1. The Hall–Kier alpha value is -2.14. The summed E-state index contributed by atoms with van der Waals surface area (Å²) in [6.07, 6.45) is 2.00. The van der Waals surface area contributed by atoms with E-state index in [4.69, 9.17) is 4.74 Å². The number of fused-ring (bicyclic) bond motifs is 2. The summed E-state index contributed by atoms with van der Waals surface area (Å²) in [5.74, 6) is -0.766. The molecular weight excluding hydrogens is 441 g/mol. The summed E-state index contributed by atoms with van der Waals surface area (Å²) in [7, 11) is 0. The molecule has 1 heterocycles. The van der Waals surface area contributed by atoms with E-state index >= 15 is 0 Å². The molecule has 0 aromatic heterocycles. The molecule has 1 aromatic rings. The highest BCUT2D eigenvalue weighted by Gasteiger charge is 2.52. The fourth-order valence-corrected chi connectivity index (χ4v) is 4.62. The number of amides is 2. The highest BCUT2D eigenvalue weighted by Crippen LogP contribution is 2.43. The van der Waals surface area contributed by atoms with Gasteiger partial charge >= 0.3 is 6.09 Å². The van der Waals surface area contributed by atoms with Gasteiger partial charge in [-0.3, -0.25) is 9.69 Å². The molecule has 1 saturated heterocycles. The fraction of sp³-hybridized carbons (Fsp3) is 0.571. The number of benzene rings is 1. The number of carbonyl (C=O) groups is 2. The van der Waals surface area contributed by atoms with E-state index in [0.717, 1.165) is 19.3 Å². The van der Waals surface area contributed by atoms with Crippen molar-refractivity contribution in [3.63, 3.8) is 0 Å². The SMILES string of the molecule is CC(C)(C)OC(=O)N1C2CCC(C2)C1C(=O)NC(C#N)Cc1cc(Br)ccc1F. The Bertz CT molecular complexity index is 849. The predicted molar refractivity (Wildman–Crippen MR) is 108 cm³/mol. The molecule has 2 aliphatic rings. The number of carbonyl (C=O) groups excluding carboxylic acids is 2. The second kappa shape index (κ2) is 8.31. The van der Waals surface area contributed by atoms with Crippen LogP contribution in [0.25, 0.3) is 0 Å². The molecule has 1 aromatic carbocycles. The van der Waals surface area contributed by atoms with Crippen molar-refractivity contribution in [2.45, 2.75) is 70.2 Å². The molecule has 1 saturated carbocycles. The Morgan fingerprint density at radius 3 is 2.79 bits per heavy atom. The van der Waals surface area contributed by atoms with Crippen molar-refractivity contribution in [1.29, 1.82) is 5.26 Å². The van der Waals surface area contributed by atoms with Gasteiger partial charge in [-0.25, -0.2) is 9.18 Å². The van der Waals surface area contributed by atoms with Gasteiger partial charge < -0.3 is 10.1 Å². The first-order valence-electron chi connectivity index (χ1n) is 9.74. The third-order valence-corrected chi connectivity index (χ3v) is 5.86. The average Bonchev–Trinajstić information content (AvgIpc) is 3.23. The first-order chi connectivity index (χ1) is 13.6. The fourth-order valence-electron chi connectivity index (χ4n) is 4.21. The highest BCUT2D eigenvalue weighted by molar-refractivity contribution is 9.10. The number of ether oxygens (including phenoxy) is 1. The van der Waals surface area contributed by atoms with Crippen molar-refractivity contribution >= 4 is 27.9 Å². The molecular formula is C21H25BrFN3O3. The largest absolute Gasteiger partial charge is 0.444 e. The zero-order chi connectivity index (χ0) is 21.3. The maximum Gasteiger partial charge on any atom is 0.411 e. The van der Waals surface area contributed by atoms with Gasteiger partial charge in [0.2, 0.25) is 5.91 Å². The predicted octanol–water partition coefficient (Wildman–Crippen LogP) is 3.93. The van der Waals surface area contributed by atoms with Gasteiger partial charge in [0.1, 0.15) is 23.5 Å². The van der Waals surface area contributed by atoms with Gasteiger partial charge in [-0.2, -0.15) is 5.26 Å². The molecule has 3 rings (SSSR count). The van der Waals surface area contributed by atoms with Gasteiger partial charge in [0.05, 0.1) is 6.07 Å². The topological polar surface area (TPSA) is 82.4 Å². The van der Waals surface area contributed by atoms with Crippen LogP contribution in [0.1, 0.15) is 45.6 Å². The van der Waals surface area contributed by atoms with Crippen molar-refractivity contribution in [1.82, 2.24) is 10.2 Å². The number of hydrogen-bond acceptors (Lipinski definition) is 4. The third-order valence-electron chi connectivity index (χ3n) is 5.36. The van der Waals surface area contributed by atoms with Crippen LogP contribution in [-0.4, -0.2) is 40.6 Å². The summed E-state index contributed by atoms with van der Waals surface area (Å²) in [6, 6.07) is 4.94. The van der Waals surface area contributed by atoms with E-state index in [-0.39, 0.29) is 24.3 Å². The summed E-state index contributed by atoms with van der Waals surface area (Å²) in [4.78, 5) is 27.2. The monoisotopic (exact) mass is 465 g/mol. The van der Waals surface area contributed by atoms with E-state index in [1.165, 1.54) is 11.0 Å². The van der Waals surface area contributed by atoms with Crippen LogP contribution in [0.3, 0.4) is 0 Å². The van der Waals surface area contributed by atoms with Crippen LogP contribution in [0, 0.1) is 23.1 Å². The minimum absolute atomic E-state index is 0.0198. The molecule has 156 valence electrons. The quantitative estimate of drug-likeness (QED) is 0.729. The van der Waals surface area contributed by atoms with Crippen LogP contribution in [0.2, 0.25) is 0 Å². The number of rotatable bonds is 4. The van der Waals surface area contributed by atoms with Gasteiger partial charge in [0.25, 0.3) is 0 Å². The number of nitrogens with one attached hydrogen (secondary N) is 1. The molecule has 2 fully saturated rings. The lowest BCUT2D eigenvalue weighted by molar-refractivity contribution is -0.128. The summed E-state index contributed by atoms with van der Waals surface area (Å²) < 4.78 is 20.2. The van der Waals surface area contributed by atoms with Gasteiger partial charge in [0, 0.05) is 16.9 Å². The van der Waals surface area contributed by atoms with Crippen LogP contribution >= 0.6 is 15.9 Å². The van der Waals surface area contributed by atoms with Gasteiger partial charge in [0.15, 0.2) is 0 Å². The number of nitrogens with zero attached hydrogens (tertiary/aromatic N) is 2. The van der Waals surface area contributed by atoms with Crippen molar-refractivity contribution in [3.8, 4) is 6.07 Å². The molecule has 1 N–H and O–H groups in total. The van der Waals surface area contributed by atoms with Crippen molar-refractivity contribution < 1.29 is 18.7 Å². The third kappa shape index (κ3) is 4.89. The van der Waals surface area contributed by atoms with E-state index in [9.17, 15) is 19.2 Å². The molecule has 4 unspecified atom stereocenters. The Kier molecular flexibility index (Phi) is 6.18. The van der Waals surface area contributed by atoms with Crippen LogP contribution in [0.15, 0.2) is 22.7 Å². The standard InChI is InChI=1S/C21H25BrFN3O3/c1-21(2,3)29-20(28)26-16-6-4-12(10-16)18(26)19(27)25-15(11-24)9-13-8-14(22)5-7-17(13)23/h5,7-8,12,15-16,18H,4,6,9-10H2,1-3H3,(H,25,27). The summed E-state index contributed by atoms with van der Waals surface area (Å²) in [5.41, 5.74) is -0.323. The second-order valence-electron chi connectivity index (χ2n) is 8.69. The Labute approximate surface area is 178 Å². The van der Waals surface area contributed by atoms with Gasteiger partial charge in [-0.1, -0.05) is 15.9 Å². The van der Waals surface area contributed by atoms with Gasteiger partial charge in [-0.15, -0.1) is 0 Å². The number of halogens is 2. The molecule has 0 radical (unpaired) electrons. The molecule has 4 atom stereocenters. The summed E-state index contributed by atoms with van der Waals surface area (Å²) in [6.45, 7) is 5.35. The van der Waals surface area contributed by atoms with E-state index in [2.05, 4.69) is 21.2 Å². The average molecular weight is 466 g/mol. The Balaban J connectivity index is 1.73. The Morgan fingerprint density at radius 1 is 1.41 bits per heavy atom. The van der Waals surface area contributed by atoms with Crippen LogP contribution in [0.4, 0.5) is 9.18 Å². The number of nitriles is 1. The zero-order valence-corrected chi connectivity index (χ0v) is 18.3. The Morgan fingerprint density at radius 2 is 2.14 bits per heavy atom. The van der Waals surface area contributed by atoms with Crippen LogP contribution < -0.4 is 5.32 Å². The minimum atomic E-state index is -0.897. The molecule has 1 aliphatic carbocycles. The molecule has 2 amide bonds. The zero-order valence-electron chi connectivity index (χ0n) is 16.7. The molecule has 1 aliphatic heterocycles. The van der Waals surface area contributed by atoms with E-state index in [1.807, 2.05) is 6.07 Å². The summed E-state index contributed by atoms with van der Waals surface area (Å²) in [5, 5.41) is 12.2. The molecule has 8 heteroatoms. The van der Waals surface area contributed by atoms with Crippen LogP contribution in [-0.2, 0) is 16.0 Å². The van der Waals surface area contributed by atoms with E-state index < -0.39 is 29.6 Å². The second-order valence-corrected chi connectivity index (χ2v) is 9.61. The maximum absolute atomic E-state index is 14.0. The maximum atomic E-state index is 14.0. The molecule has 6 nitrogen and oxygen atoms in total. The molecule has 29 heavy (non-hydrogen) atoms. The molecule has 0 spiro atoms.